The van der Waals surface area contributed by atoms with Gasteiger partial charge in [0.2, 0.25) is 0 Å². The zero-order chi connectivity index (χ0) is 20.9. The van der Waals surface area contributed by atoms with Gasteiger partial charge in [0.25, 0.3) is 5.91 Å². The summed E-state index contributed by atoms with van der Waals surface area (Å²) >= 11 is 0. The number of H-pyrrole nitrogens is 1. The predicted molar refractivity (Wildman–Crippen MR) is 114 cm³/mol. The Hall–Kier alpha value is -3.33. The number of benzene rings is 1. The van der Waals surface area contributed by atoms with Gasteiger partial charge in [-0.05, 0) is 19.9 Å². The van der Waals surface area contributed by atoms with Gasteiger partial charge in [0, 0.05) is 31.4 Å². The van der Waals surface area contributed by atoms with Crippen molar-refractivity contribution in [2.75, 3.05) is 49.7 Å². The number of rotatable bonds is 7. The topological polar surface area (TPSA) is 102 Å². The molecule has 0 aliphatic carbocycles. The molecule has 0 radical (unpaired) electrons. The third kappa shape index (κ3) is 4.16. The second-order valence-electron chi connectivity index (χ2n) is 6.76. The van der Waals surface area contributed by atoms with Gasteiger partial charge in [-0.25, -0.2) is 0 Å². The number of carbonyl (C=O) groups is 1. The SMILES string of the molecule is CCOc1cc(N2CCOCC2)c(OCC)cc1NC(=O)c1cnc2cn[nH]c2c1. The van der Waals surface area contributed by atoms with Crippen LogP contribution in [0.5, 0.6) is 11.5 Å². The van der Waals surface area contributed by atoms with Gasteiger partial charge in [-0.1, -0.05) is 0 Å². The van der Waals surface area contributed by atoms with Crippen LogP contribution in [0.2, 0.25) is 0 Å². The number of ether oxygens (including phenoxy) is 3. The van der Waals surface area contributed by atoms with Crippen LogP contribution in [0.4, 0.5) is 11.4 Å². The molecule has 0 unspecified atom stereocenters. The van der Waals surface area contributed by atoms with Crippen molar-refractivity contribution in [2.24, 2.45) is 0 Å². The molecule has 1 aliphatic rings. The summed E-state index contributed by atoms with van der Waals surface area (Å²) in [5, 5.41) is 9.70. The highest BCUT2D eigenvalue weighted by Crippen LogP contribution is 2.39. The van der Waals surface area contributed by atoms with Crippen molar-refractivity contribution < 1.29 is 19.0 Å². The van der Waals surface area contributed by atoms with Gasteiger partial charge in [0.05, 0.1) is 55.1 Å². The molecule has 0 bridgehead atoms. The third-order valence-corrected chi connectivity index (χ3v) is 4.81. The first-order chi connectivity index (χ1) is 14.7. The van der Waals surface area contributed by atoms with E-state index in [0.717, 1.165) is 18.8 Å². The number of hydrogen-bond acceptors (Lipinski definition) is 7. The lowest BCUT2D eigenvalue weighted by molar-refractivity contribution is 0.102. The van der Waals surface area contributed by atoms with Gasteiger partial charge in [-0.15, -0.1) is 0 Å². The maximum absolute atomic E-state index is 12.9. The zero-order valence-corrected chi connectivity index (χ0v) is 17.1. The summed E-state index contributed by atoms with van der Waals surface area (Å²) < 4.78 is 17.2. The van der Waals surface area contributed by atoms with Gasteiger partial charge in [-0.2, -0.15) is 5.10 Å². The van der Waals surface area contributed by atoms with Crippen molar-refractivity contribution in [3.63, 3.8) is 0 Å². The summed E-state index contributed by atoms with van der Waals surface area (Å²) in [7, 11) is 0. The molecule has 0 saturated carbocycles. The number of pyridine rings is 1. The summed E-state index contributed by atoms with van der Waals surface area (Å²) in [5.74, 6) is 0.994. The minimum Gasteiger partial charge on any atom is -0.492 e. The van der Waals surface area contributed by atoms with Crippen LogP contribution >= 0.6 is 0 Å². The van der Waals surface area contributed by atoms with E-state index < -0.39 is 0 Å². The van der Waals surface area contributed by atoms with Crippen LogP contribution in [0.25, 0.3) is 11.0 Å². The maximum atomic E-state index is 12.9. The van der Waals surface area contributed by atoms with Crippen molar-refractivity contribution in [3.8, 4) is 11.5 Å². The highest BCUT2D eigenvalue weighted by molar-refractivity contribution is 6.06. The van der Waals surface area contributed by atoms with E-state index in [9.17, 15) is 4.79 Å². The van der Waals surface area contributed by atoms with Crippen LogP contribution in [-0.4, -0.2) is 60.6 Å². The van der Waals surface area contributed by atoms with Crippen LogP contribution in [0.15, 0.2) is 30.6 Å². The molecule has 1 saturated heterocycles. The average molecular weight is 411 g/mol. The normalized spacial score (nSPS) is 14.0. The minimum atomic E-state index is -0.290. The fourth-order valence-corrected chi connectivity index (χ4v) is 3.39. The van der Waals surface area contributed by atoms with Gasteiger partial charge in [0.1, 0.15) is 17.0 Å². The molecule has 30 heavy (non-hydrogen) atoms. The Balaban J connectivity index is 1.66. The molecule has 158 valence electrons. The number of amides is 1. The summed E-state index contributed by atoms with van der Waals surface area (Å²) in [4.78, 5) is 19.3. The first kappa shape index (κ1) is 20.0. The number of aromatic nitrogens is 3. The number of aromatic amines is 1. The number of nitrogens with zero attached hydrogens (tertiary/aromatic N) is 3. The van der Waals surface area contributed by atoms with Crippen LogP contribution in [-0.2, 0) is 4.74 Å². The Kier molecular flexibility index (Phi) is 5.99. The monoisotopic (exact) mass is 411 g/mol. The maximum Gasteiger partial charge on any atom is 0.257 e. The molecular weight excluding hydrogens is 386 g/mol. The van der Waals surface area contributed by atoms with E-state index in [-0.39, 0.29) is 5.91 Å². The lowest BCUT2D eigenvalue weighted by atomic mass is 10.2. The number of morpholine rings is 1. The quantitative estimate of drug-likeness (QED) is 0.616. The summed E-state index contributed by atoms with van der Waals surface area (Å²) in [6.45, 7) is 7.70. The van der Waals surface area contributed by atoms with Crippen molar-refractivity contribution in [3.05, 3.63) is 36.2 Å². The molecule has 1 aromatic carbocycles. The minimum absolute atomic E-state index is 0.290. The smallest absolute Gasteiger partial charge is 0.257 e. The molecule has 4 rings (SSSR count). The molecule has 9 nitrogen and oxygen atoms in total. The highest BCUT2D eigenvalue weighted by Gasteiger charge is 2.21. The van der Waals surface area contributed by atoms with Crippen LogP contribution in [0, 0.1) is 0 Å². The zero-order valence-electron chi connectivity index (χ0n) is 17.1. The lowest BCUT2D eigenvalue weighted by Crippen LogP contribution is -2.36. The number of carbonyl (C=O) groups excluding carboxylic acids is 1. The van der Waals surface area contributed by atoms with E-state index in [1.165, 1.54) is 6.20 Å². The van der Waals surface area contributed by atoms with Gasteiger partial charge >= 0.3 is 0 Å². The second kappa shape index (κ2) is 9.00. The Morgan fingerprint density at radius 2 is 1.90 bits per heavy atom. The van der Waals surface area contributed by atoms with E-state index in [0.29, 0.717) is 60.2 Å². The second-order valence-corrected chi connectivity index (χ2v) is 6.76. The van der Waals surface area contributed by atoms with E-state index in [1.54, 1.807) is 12.3 Å². The van der Waals surface area contributed by atoms with E-state index in [2.05, 4.69) is 25.4 Å². The summed E-state index contributed by atoms with van der Waals surface area (Å²) in [5.41, 5.74) is 3.30. The van der Waals surface area contributed by atoms with Crippen LogP contribution in [0.3, 0.4) is 0 Å². The largest absolute Gasteiger partial charge is 0.492 e. The number of fused-ring (bicyclic) bond motifs is 1. The molecule has 2 N–H and O–H groups in total. The van der Waals surface area contributed by atoms with E-state index in [1.807, 2.05) is 26.0 Å². The van der Waals surface area contributed by atoms with E-state index in [4.69, 9.17) is 14.2 Å². The highest BCUT2D eigenvalue weighted by atomic mass is 16.5. The van der Waals surface area contributed by atoms with E-state index >= 15 is 0 Å². The molecule has 3 heterocycles. The molecule has 1 amide bonds. The van der Waals surface area contributed by atoms with Gasteiger partial charge < -0.3 is 24.4 Å². The summed E-state index contributed by atoms with van der Waals surface area (Å²) in [6, 6.07) is 5.46. The fraction of sp³-hybridized carbons (Fsp3) is 0.381. The number of anilines is 2. The van der Waals surface area contributed by atoms with Gasteiger partial charge in [0.15, 0.2) is 0 Å². The molecule has 1 aliphatic heterocycles. The van der Waals surface area contributed by atoms with Crippen LogP contribution < -0.4 is 19.7 Å². The number of hydrogen-bond donors (Lipinski definition) is 2. The Labute approximate surface area is 174 Å². The molecule has 3 aromatic rings. The fourth-order valence-electron chi connectivity index (χ4n) is 3.39. The first-order valence-electron chi connectivity index (χ1n) is 10.1. The standard InChI is InChI=1S/C21H25N5O4/c1-3-29-19-11-18(26-5-7-28-8-6-26)20(30-4-2)10-16(19)24-21(27)14-9-15-17(22-12-14)13-23-25-15/h9-13H,3-8H2,1-2H3,(H,23,25)(H,24,27). The number of nitrogens with one attached hydrogen (secondary N) is 2. The van der Waals surface area contributed by atoms with Crippen molar-refractivity contribution in [1.82, 2.24) is 15.2 Å². The average Bonchev–Trinajstić information content (AvgIpc) is 3.24. The molecular formula is C21H25N5O4. The molecule has 2 aromatic heterocycles. The first-order valence-corrected chi connectivity index (χ1v) is 10.1. The van der Waals surface area contributed by atoms with Gasteiger partial charge in [-0.3, -0.25) is 14.9 Å². The van der Waals surface area contributed by atoms with Crippen molar-refractivity contribution in [1.29, 1.82) is 0 Å². The Morgan fingerprint density at radius 1 is 1.13 bits per heavy atom. The predicted octanol–water partition coefficient (Wildman–Crippen LogP) is 2.84. The van der Waals surface area contributed by atoms with Crippen LogP contribution in [0.1, 0.15) is 24.2 Å². The Bertz CT molecular complexity index is 1030. The van der Waals surface area contributed by atoms with Crippen molar-refractivity contribution >= 4 is 28.3 Å². The summed E-state index contributed by atoms with van der Waals surface area (Å²) in [6.07, 6.45) is 3.14. The molecule has 1 fully saturated rings. The molecule has 9 heteroatoms. The lowest BCUT2D eigenvalue weighted by Gasteiger charge is -2.31. The molecule has 0 atom stereocenters. The molecule has 0 spiro atoms. The third-order valence-electron chi connectivity index (χ3n) is 4.81. The van der Waals surface area contributed by atoms with Crippen molar-refractivity contribution in [2.45, 2.75) is 13.8 Å². The Morgan fingerprint density at radius 3 is 2.67 bits per heavy atom.